The van der Waals surface area contributed by atoms with Crippen LogP contribution in [0.2, 0.25) is 0 Å². The lowest BCUT2D eigenvalue weighted by Gasteiger charge is -2.36. The van der Waals surface area contributed by atoms with Crippen molar-refractivity contribution in [2.45, 2.75) is 46.1 Å². The number of aryl methyl sites for hydroxylation is 1. The number of aromatic nitrogens is 1. The summed E-state index contributed by atoms with van der Waals surface area (Å²) in [5.41, 5.74) is 1.85. The van der Waals surface area contributed by atoms with Crippen molar-refractivity contribution in [2.24, 2.45) is 5.41 Å². The molecule has 0 aliphatic carbocycles. The summed E-state index contributed by atoms with van der Waals surface area (Å²) in [6.45, 7) is 6.52. The van der Waals surface area contributed by atoms with Gasteiger partial charge >= 0.3 is 0 Å². The van der Waals surface area contributed by atoms with Crippen LogP contribution in [0, 0.1) is 12.3 Å². The molecule has 20 heavy (non-hydrogen) atoms. The predicted molar refractivity (Wildman–Crippen MR) is 80.3 cm³/mol. The average Bonchev–Trinajstić information content (AvgIpc) is 2.47. The lowest BCUT2D eigenvalue weighted by Crippen LogP contribution is -2.50. The first kappa shape index (κ1) is 15.0. The van der Waals surface area contributed by atoms with Gasteiger partial charge in [0, 0.05) is 12.7 Å². The van der Waals surface area contributed by atoms with Gasteiger partial charge < -0.3 is 10.6 Å². The molecular weight excluding hydrogens is 250 g/mol. The van der Waals surface area contributed by atoms with E-state index in [1.54, 1.807) is 6.20 Å². The Morgan fingerprint density at radius 1 is 1.55 bits per heavy atom. The molecule has 2 rings (SSSR count). The van der Waals surface area contributed by atoms with E-state index in [0.29, 0.717) is 6.54 Å². The zero-order chi connectivity index (χ0) is 14.4. The maximum Gasteiger partial charge on any atom is 0.227 e. The molecular formula is C16H25N3O. The van der Waals surface area contributed by atoms with Crippen molar-refractivity contribution in [2.75, 3.05) is 13.1 Å². The van der Waals surface area contributed by atoms with Crippen molar-refractivity contribution in [3.8, 4) is 0 Å². The van der Waals surface area contributed by atoms with Crippen molar-refractivity contribution in [1.82, 2.24) is 15.6 Å². The van der Waals surface area contributed by atoms with Crippen LogP contribution in [0.4, 0.5) is 0 Å². The maximum absolute atomic E-state index is 12.6. The van der Waals surface area contributed by atoms with Crippen LogP contribution in [0.25, 0.3) is 0 Å². The topological polar surface area (TPSA) is 54.0 Å². The number of hydrogen-bond acceptors (Lipinski definition) is 3. The Kier molecular flexibility index (Phi) is 5.12. The van der Waals surface area contributed by atoms with Gasteiger partial charge in [0.05, 0.1) is 17.7 Å². The third-order valence-corrected chi connectivity index (χ3v) is 4.22. The highest BCUT2D eigenvalue weighted by Gasteiger charge is 2.38. The fourth-order valence-corrected chi connectivity index (χ4v) is 3.02. The number of piperidine rings is 1. The molecule has 1 aromatic rings. The molecule has 110 valence electrons. The number of carbonyl (C=O) groups excluding carboxylic acids is 1. The Morgan fingerprint density at radius 3 is 3.05 bits per heavy atom. The second-order valence-electron chi connectivity index (χ2n) is 5.76. The Balaban J connectivity index is 2.00. The molecule has 0 bridgehead atoms. The van der Waals surface area contributed by atoms with Gasteiger partial charge in [-0.05, 0) is 44.4 Å². The van der Waals surface area contributed by atoms with Gasteiger partial charge in [0.15, 0.2) is 0 Å². The van der Waals surface area contributed by atoms with Crippen molar-refractivity contribution < 1.29 is 4.79 Å². The molecule has 4 heteroatoms. The Hall–Kier alpha value is -1.42. The van der Waals surface area contributed by atoms with Crippen molar-refractivity contribution in [1.29, 1.82) is 0 Å². The summed E-state index contributed by atoms with van der Waals surface area (Å²) in [4.78, 5) is 16.9. The molecule has 2 N–H and O–H groups in total. The Morgan fingerprint density at radius 2 is 2.40 bits per heavy atom. The molecule has 1 unspecified atom stereocenters. The molecule has 1 aromatic heterocycles. The van der Waals surface area contributed by atoms with Gasteiger partial charge in [-0.2, -0.15) is 0 Å². The van der Waals surface area contributed by atoms with Crippen LogP contribution in [-0.4, -0.2) is 24.0 Å². The van der Waals surface area contributed by atoms with Crippen molar-refractivity contribution >= 4 is 5.91 Å². The molecule has 1 atom stereocenters. The minimum atomic E-state index is -0.227. The van der Waals surface area contributed by atoms with Crippen molar-refractivity contribution in [3.63, 3.8) is 0 Å². The first-order valence-electron chi connectivity index (χ1n) is 7.57. The van der Waals surface area contributed by atoms with E-state index in [1.165, 1.54) is 0 Å². The van der Waals surface area contributed by atoms with Gasteiger partial charge in [-0.1, -0.05) is 19.4 Å². The predicted octanol–water partition coefficient (Wildman–Crippen LogP) is 2.18. The lowest BCUT2D eigenvalue weighted by molar-refractivity contribution is -0.132. The van der Waals surface area contributed by atoms with E-state index in [9.17, 15) is 4.79 Å². The summed E-state index contributed by atoms with van der Waals surface area (Å²) in [5, 5.41) is 6.47. The van der Waals surface area contributed by atoms with E-state index in [2.05, 4.69) is 22.5 Å². The number of hydrogen-bond donors (Lipinski definition) is 2. The largest absolute Gasteiger partial charge is 0.350 e. The fourth-order valence-electron chi connectivity index (χ4n) is 3.02. The molecule has 0 spiro atoms. The van der Waals surface area contributed by atoms with Gasteiger partial charge in [0.25, 0.3) is 0 Å². The van der Waals surface area contributed by atoms with Crippen LogP contribution in [0.1, 0.15) is 43.9 Å². The second-order valence-corrected chi connectivity index (χ2v) is 5.76. The lowest BCUT2D eigenvalue weighted by atomic mass is 9.76. The summed E-state index contributed by atoms with van der Waals surface area (Å²) >= 11 is 0. The average molecular weight is 275 g/mol. The summed E-state index contributed by atoms with van der Waals surface area (Å²) in [6, 6.07) is 3.95. The highest BCUT2D eigenvalue weighted by molar-refractivity contribution is 5.83. The minimum absolute atomic E-state index is 0.177. The van der Waals surface area contributed by atoms with Crippen LogP contribution in [0.3, 0.4) is 0 Å². The number of amides is 1. The summed E-state index contributed by atoms with van der Waals surface area (Å²) in [7, 11) is 0. The highest BCUT2D eigenvalue weighted by atomic mass is 16.2. The first-order valence-corrected chi connectivity index (χ1v) is 7.57. The minimum Gasteiger partial charge on any atom is -0.350 e. The Labute approximate surface area is 121 Å². The van der Waals surface area contributed by atoms with Crippen LogP contribution < -0.4 is 10.6 Å². The van der Waals surface area contributed by atoms with Gasteiger partial charge in [-0.3, -0.25) is 9.78 Å². The molecule has 0 aromatic carbocycles. The van der Waals surface area contributed by atoms with Crippen LogP contribution in [0.5, 0.6) is 0 Å². The first-order chi connectivity index (χ1) is 9.68. The van der Waals surface area contributed by atoms with E-state index in [4.69, 9.17) is 0 Å². The van der Waals surface area contributed by atoms with Crippen LogP contribution >= 0.6 is 0 Å². The van der Waals surface area contributed by atoms with E-state index in [-0.39, 0.29) is 11.3 Å². The molecule has 1 amide bonds. The second kappa shape index (κ2) is 6.84. The molecule has 1 aliphatic heterocycles. The number of pyridine rings is 1. The smallest absolute Gasteiger partial charge is 0.227 e. The molecule has 2 heterocycles. The van der Waals surface area contributed by atoms with Gasteiger partial charge in [0.2, 0.25) is 5.91 Å². The number of rotatable bonds is 5. The van der Waals surface area contributed by atoms with E-state index in [0.717, 1.165) is 50.0 Å². The molecule has 1 fully saturated rings. The van der Waals surface area contributed by atoms with Crippen LogP contribution in [0.15, 0.2) is 18.3 Å². The monoisotopic (exact) mass is 275 g/mol. The normalized spacial score (nSPS) is 22.5. The number of carbonyl (C=O) groups is 1. The molecule has 0 saturated carbocycles. The van der Waals surface area contributed by atoms with E-state index >= 15 is 0 Å². The third kappa shape index (κ3) is 3.37. The number of nitrogens with zero attached hydrogens (tertiary/aromatic N) is 1. The SMILES string of the molecule is CCCC1(C(=O)NCc2ncccc2C)CCCNC1. The van der Waals surface area contributed by atoms with Crippen LogP contribution in [-0.2, 0) is 11.3 Å². The molecule has 0 radical (unpaired) electrons. The molecule has 4 nitrogen and oxygen atoms in total. The van der Waals surface area contributed by atoms with Gasteiger partial charge in [-0.15, -0.1) is 0 Å². The summed E-state index contributed by atoms with van der Waals surface area (Å²) < 4.78 is 0. The van der Waals surface area contributed by atoms with Gasteiger partial charge in [0.1, 0.15) is 0 Å². The van der Waals surface area contributed by atoms with Crippen molar-refractivity contribution in [3.05, 3.63) is 29.6 Å². The fraction of sp³-hybridized carbons (Fsp3) is 0.625. The zero-order valence-electron chi connectivity index (χ0n) is 12.5. The molecule has 1 aliphatic rings. The highest BCUT2D eigenvalue weighted by Crippen LogP contribution is 2.31. The summed E-state index contributed by atoms with van der Waals surface area (Å²) in [5.74, 6) is 0.177. The number of nitrogens with one attached hydrogen (secondary N) is 2. The zero-order valence-corrected chi connectivity index (χ0v) is 12.5. The third-order valence-electron chi connectivity index (χ3n) is 4.22. The molecule has 1 saturated heterocycles. The Bertz CT molecular complexity index is 447. The standard InChI is InChI=1S/C16H25N3O/c1-3-7-16(8-5-9-17-12-16)15(20)19-11-14-13(2)6-4-10-18-14/h4,6,10,17H,3,5,7-9,11-12H2,1-2H3,(H,19,20). The van der Waals surface area contributed by atoms with E-state index in [1.807, 2.05) is 19.1 Å². The van der Waals surface area contributed by atoms with Gasteiger partial charge in [-0.25, -0.2) is 0 Å². The summed E-state index contributed by atoms with van der Waals surface area (Å²) in [6.07, 6.45) is 5.83. The maximum atomic E-state index is 12.6. The van der Waals surface area contributed by atoms with E-state index < -0.39 is 0 Å². The quantitative estimate of drug-likeness (QED) is 0.866.